The molecule has 1 atom stereocenters. The number of aryl methyl sites for hydroxylation is 1. The van der Waals surface area contributed by atoms with Crippen LogP contribution in [0.15, 0.2) is 47.2 Å². The molecule has 0 saturated carbocycles. The van der Waals surface area contributed by atoms with Crippen LogP contribution in [0.3, 0.4) is 0 Å². The first-order valence-electron chi connectivity index (χ1n) is 6.32. The maximum Gasteiger partial charge on any atom is 0.0294 e. The topological polar surface area (TPSA) is 17.0 Å². The van der Waals surface area contributed by atoms with Crippen LogP contribution >= 0.6 is 15.9 Å². The van der Waals surface area contributed by atoms with E-state index >= 15 is 0 Å². The van der Waals surface area contributed by atoms with Crippen molar-refractivity contribution < 1.29 is 0 Å². The van der Waals surface area contributed by atoms with Gasteiger partial charge in [-0.2, -0.15) is 0 Å². The van der Waals surface area contributed by atoms with Gasteiger partial charge < -0.3 is 9.88 Å². The highest BCUT2D eigenvalue weighted by Gasteiger charge is 2.05. The Hall–Kier alpha value is -1.06. The molecule has 1 N–H and O–H groups in total. The third kappa shape index (κ3) is 3.47. The Morgan fingerprint density at radius 3 is 2.56 bits per heavy atom. The van der Waals surface area contributed by atoms with Gasteiger partial charge >= 0.3 is 0 Å². The normalized spacial score (nSPS) is 12.6. The van der Waals surface area contributed by atoms with E-state index in [4.69, 9.17) is 0 Å². The van der Waals surface area contributed by atoms with Gasteiger partial charge in [0.2, 0.25) is 0 Å². The highest BCUT2D eigenvalue weighted by Crippen LogP contribution is 2.17. The van der Waals surface area contributed by atoms with Crippen LogP contribution in [-0.4, -0.2) is 4.57 Å². The van der Waals surface area contributed by atoms with Crippen LogP contribution in [0.5, 0.6) is 0 Å². The first-order valence-corrected chi connectivity index (χ1v) is 7.12. The number of aromatic nitrogens is 1. The third-order valence-electron chi connectivity index (χ3n) is 3.16. The summed E-state index contributed by atoms with van der Waals surface area (Å²) in [5.41, 5.74) is 2.65. The lowest BCUT2D eigenvalue weighted by Crippen LogP contribution is -2.17. The number of hydrogen-bond donors (Lipinski definition) is 1. The number of benzene rings is 1. The van der Waals surface area contributed by atoms with E-state index in [-0.39, 0.29) is 0 Å². The fourth-order valence-electron chi connectivity index (χ4n) is 1.93. The van der Waals surface area contributed by atoms with Gasteiger partial charge in [0.25, 0.3) is 0 Å². The van der Waals surface area contributed by atoms with Crippen molar-refractivity contribution in [2.75, 3.05) is 0 Å². The van der Waals surface area contributed by atoms with Crippen molar-refractivity contribution in [1.29, 1.82) is 0 Å². The van der Waals surface area contributed by atoms with Crippen molar-refractivity contribution in [3.63, 3.8) is 0 Å². The highest BCUT2D eigenvalue weighted by molar-refractivity contribution is 9.10. The van der Waals surface area contributed by atoms with Crippen molar-refractivity contribution in [3.8, 4) is 0 Å². The van der Waals surface area contributed by atoms with Crippen LogP contribution in [0.2, 0.25) is 0 Å². The van der Waals surface area contributed by atoms with Crippen LogP contribution in [-0.2, 0) is 13.1 Å². The summed E-state index contributed by atoms with van der Waals surface area (Å²) in [5.74, 6) is 0. The van der Waals surface area contributed by atoms with Gasteiger partial charge in [-0.3, -0.25) is 0 Å². The minimum absolute atomic E-state index is 0.364. The van der Waals surface area contributed by atoms with Gasteiger partial charge in [0, 0.05) is 36.0 Å². The summed E-state index contributed by atoms with van der Waals surface area (Å²) >= 11 is 3.46. The molecule has 0 saturated heterocycles. The molecule has 0 aliphatic heterocycles. The lowest BCUT2D eigenvalue weighted by Gasteiger charge is -2.13. The van der Waals surface area contributed by atoms with Gasteiger partial charge in [0.05, 0.1) is 0 Å². The minimum Gasteiger partial charge on any atom is -0.354 e. The van der Waals surface area contributed by atoms with Crippen LogP contribution in [0.25, 0.3) is 0 Å². The number of nitrogens with one attached hydrogen (secondary N) is 1. The summed E-state index contributed by atoms with van der Waals surface area (Å²) in [6.45, 7) is 6.29. The van der Waals surface area contributed by atoms with E-state index in [1.807, 2.05) is 0 Å². The van der Waals surface area contributed by atoms with E-state index in [2.05, 4.69) is 82.4 Å². The average molecular weight is 307 g/mol. The molecule has 1 heterocycles. The molecule has 96 valence electrons. The van der Waals surface area contributed by atoms with Crippen LogP contribution in [0.1, 0.15) is 31.0 Å². The molecule has 1 aromatic carbocycles. The fraction of sp³-hybridized carbons (Fsp3) is 0.333. The van der Waals surface area contributed by atoms with Gasteiger partial charge in [-0.1, -0.05) is 28.1 Å². The van der Waals surface area contributed by atoms with E-state index in [0.717, 1.165) is 17.6 Å². The largest absolute Gasteiger partial charge is 0.354 e. The lowest BCUT2D eigenvalue weighted by atomic mass is 10.1. The summed E-state index contributed by atoms with van der Waals surface area (Å²) in [6, 6.07) is 11.0. The van der Waals surface area contributed by atoms with Gasteiger partial charge in [-0.15, -0.1) is 0 Å². The van der Waals surface area contributed by atoms with Crippen molar-refractivity contribution in [2.45, 2.75) is 33.0 Å². The van der Waals surface area contributed by atoms with E-state index in [9.17, 15) is 0 Å². The van der Waals surface area contributed by atoms with Crippen molar-refractivity contribution in [3.05, 3.63) is 58.3 Å². The van der Waals surface area contributed by atoms with E-state index in [0.29, 0.717) is 6.04 Å². The Bertz CT molecular complexity index is 487. The van der Waals surface area contributed by atoms with E-state index in [1.54, 1.807) is 0 Å². The summed E-state index contributed by atoms with van der Waals surface area (Å²) in [5, 5.41) is 3.54. The Morgan fingerprint density at radius 2 is 1.94 bits per heavy atom. The minimum atomic E-state index is 0.364. The predicted molar refractivity (Wildman–Crippen MR) is 79.5 cm³/mol. The molecule has 0 aliphatic rings. The van der Waals surface area contributed by atoms with Gasteiger partial charge in [0.15, 0.2) is 0 Å². The highest BCUT2D eigenvalue weighted by atomic mass is 79.9. The van der Waals surface area contributed by atoms with Crippen LogP contribution in [0, 0.1) is 0 Å². The Labute approximate surface area is 117 Å². The molecule has 0 fully saturated rings. The molecule has 2 aromatic rings. The lowest BCUT2D eigenvalue weighted by molar-refractivity contribution is 0.574. The summed E-state index contributed by atoms with van der Waals surface area (Å²) in [7, 11) is 0. The molecule has 0 aliphatic carbocycles. The monoisotopic (exact) mass is 306 g/mol. The number of rotatable bonds is 5. The first-order chi connectivity index (χ1) is 8.69. The van der Waals surface area contributed by atoms with Gasteiger partial charge in [-0.25, -0.2) is 0 Å². The zero-order valence-electron chi connectivity index (χ0n) is 10.9. The molecule has 0 unspecified atom stereocenters. The number of hydrogen-bond acceptors (Lipinski definition) is 1. The molecule has 0 bridgehead atoms. The predicted octanol–water partition coefficient (Wildman–Crippen LogP) is 4.12. The Kier molecular flexibility index (Phi) is 4.61. The maximum atomic E-state index is 3.54. The zero-order valence-corrected chi connectivity index (χ0v) is 12.4. The Balaban J connectivity index is 1.91. The molecule has 3 heteroatoms. The summed E-state index contributed by atoms with van der Waals surface area (Å²) in [4.78, 5) is 0. The van der Waals surface area contributed by atoms with Gasteiger partial charge in [-0.05, 0) is 43.2 Å². The molecule has 2 nitrogen and oxygen atoms in total. The van der Waals surface area contributed by atoms with Gasteiger partial charge in [0.1, 0.15) is 0 Å². The molecule has 0 amide bonds. The van der Waals surface area contributed by atoms with E-state index in [1.165, 1.54) is 11.1 Å². The van der Waals surface area contributed by atoms with Crippen LogP contribution < -0.4 is 5.32 Å². The summed E-state index contributed by atoms with van der Waals surface area (Å²) in [6.07, 6.45) is 4.32. The van der Waals surface area contributed by atoms with Crippen molar-refractivity contribution >= 4 is 15.9 Å². The summed E-state index contributed by atoms with van der Waals surface area (Å²) < 4.78 is 3.32. The molecule has 2 rings (SSSR count). The quantitative estimate of drug-likeness (QED) is 0.879. The first kappa shape index (κ1) is 13.4. The fourth-order valence-corrected chi connectivity index (χ4v) is 2.20. The van der Waals surface area contributed by atoms with Crippen molar-refractivity contribution in [2.24, 2.45) is 0 Å². The average Bonchev–Trinajstić information content (AvgIpc) is 2.85. The standard InChI is InChI=1S/C15H19BrN2/c1-3-18-9-8-13(11-18)10-17-12(2)14-4-6-15(16)7-5-14/h4-9,11-12,17H,3,10H2,1-2H3/t12-/m0/s1. The second-order valence-corrected chi connectivity index (χ2v) is 5.42. The molecular formula is C15H19BrN2. The number of nitrogens with zero attached hydrogens (tertiary/aromatic N) is 1. The maximum absolute atomic E-state index is 3.54. The molecular weight excluding hydrogens is 288 g/mol. The Morgan fingerprint density at radius 1 is 1.22 bits per heavy atom. The SMILES string of the molecule is CCn1ccc(CN[C@@H](C)c2ccc(Br)cc2)c1. The van der Waals surface area contributed by atoms with Crippen molar-refractivity contribution in [1.82, 2.24) is 9.88 Å². The number of halogens is 1. The molecule has 1 aromatic heterocycles. The van der Waals surface area contributed by atoms with Crippen LogP contribution in [0.4, 0.5) is 0 Å². The van der Waals surface area contributed by atoms with E-state index < -0.39 is 0 Å². The second kappa shape index (κ2) is 6.21. The zero-order chi connectivity index (χ0) is 13.0. The molecule has 0 radical (unpaired) electrons. The smallest absolute Gasteiger partial charge is 0.0294 e. The molecule has 18 heavy (non-hydrogen) atoms. The second-order valence-electron chi connectivity index (χ2n) is 4.50. The molecule has 0 spiro atoms. The third-order valence-corrected chi connectivity index (χ3v) is 3.69.